The van der Waals surface area contributed by atoms with Crippen LogP contribution in [0.1, 0.15) is 38.0 Å². The summed E-state index contributed by atoms with van der Waals surface area (Å²) in [6.07, 6.45) is 5.05. The summed E-state index contributed by atoms with van der Waals surface area (Å²) in [6, 6.07) is 7.56. The lowest BCUT2D eigenvalue weighted by Gasteiger charge is -2.32. The number of nitrogens with zero attached hydrogens (tertiary/aromatic N) is 2. The Morgan fingerprint density at radius 1 is 1.42 bits per heavy atom. The third-order valence-corrected chi connectivity index (χ3v) is 5.73. The molecular formula is C19H24ClN3O2S. The summed E-state index contributed by atoms with van der Waals surface area (Å²) in [7, 11) is 0. The maximum Gasteiger partial charge on any atom is 0.266 e. The van der Waals surface area contributed by atoms with Crippen LogP contribution < -0.4 is 10.1 Å². The lowest BCUT2D eigenvalue weighted by atomic mass is 10.0. The second kappa shape index (κ2) is 8.84. The molecule has 2 aromatic rings. The van der Waals surface area contributed by atoms with E-state index in [1.54, 1.807) is 31.2 Å². The van der Waals surface area contributed by atoms with E-state index in [1.807, 2.05) is 6.20 Å². The lowest BCUT2D eigenvalue weighted by molar-refractivity contribution is -0.122. The van der Waals surface area contributed by atoms with E-state index < -0.39 is 6.10 Å². The third kappa shape index (κ3) is 5.19. The number of carbonyl (C=O) groups excluding carboxylic acids is 1. The number of halogens is 1. The van der Waals surface area contributed by atoms with Crippen LogP contribution in [0.4, 0.5) is 5.13 Å². The minimum absolute atomic E-state index is 0.216. The van der Waals surface area contributed by atoms with Crippen LogP contribution in [0.25, 0.3) is 0 Å². The molecule has 1 N–H and O–H groups in total. The maximum absolute atomic E-state index is 12.3. The van der Waals surface area contributed by atoms with Crippen LogP contribution in [0.15, 0.2) is 30.5 Å². The fraction of sp³-hybridized carbons (Fsp3) is 0.474. The molecule has 2 unspecified atom stereocenters. The normalized spacial score (nSPS) is 19.1. The molecule has 0 spiro atoms. The Hall–Kier alpha value is -1.63. The summed E-state index contributed by atoms with van der Waals surface area (Å²) in [5.74, 6) is 0.392. The minimum Gasteiger partial charge on any atom is -0.481 e. The fourth-order valence-corrected chi connectivity index (χ4v) is 3.98. The summed E-state index contributed by atoms with van der Waals surface area (Å²) in [4.78, 5) is 20.3. The highest BCUT2D eigenvalue weighted by atomic mass is 35.5. The first-order valence-corrected chi connectivity index (χ1v) is 10.1. The standard InChI is InChI=1S/C19H24ClN3O2S/c1-13-5-3-4-10-23(13)12-17-11-21-19(26-17)22-18(24)14(2)25-16-8-6-15(20)7-9-16/h6-9,11,13-14H,3-5,10,12H2,1-2H3,(H,21,22,24). The van der Waals surface area contributed by atoms with Gasteiger partial charge in [0.15, 0.2) is 11.2 Å². The van der Waals surface area contributed by atoms with Crippen molar-refractivity contribution < 1.29 is 9.53 Å². The molecule has 140 valence electrons. The van der Waals surface area contributed by atoms with Crippen molar-refractivity contribution in [2.75, 3.05) is 11.9 Å². The highest BCUT2D eigenvalue weighted by Crippen LogP contribution is 2.24. The van der Waals surface area contributed by atoms with E-state index in [-0.39, 0.29) is 5.91 Å². The smallest absolute Gasteiger partial charge is 0.266 e. The summed E-state index contributed by atoms with van der Waals surface area (Å²) < 4.78 is 5.64. The molecule has 1 fully saturated rings. The monoisotopic (exact) mass is 393 g/mol. The molecule has 0 saturated carbocycles. The van der Waals surface area contributed by atoms with Gasteiger partial charge in [0.05, 0.1) is 0 Å². The number of hydrogen-bond donors (Lipinski definition) is 1. The average molecular weight is 394 g/mol. The van der Waals surface area contributed by atoms with Crippen LogP contribution in [0.2, 0.25) is 5.02 Å². The first-order chi connectivity index (χ1) is 12.5. The SMILES string of the molecule is CC(Oc1ccc(Cl)cc1)C(=O)Nc1ncc(CN2CCCCC2C)s1. The van der Waals surface area contributed by atoms with E-state index in [1.165, 1.54) is 35.5 Å². The van der Waals surface area contributed by atoms with Crippen LogP contribution in [-0.4, -0.2) is 34.5 Å². The van der Waals surface area contributed by atoms with Crippen LogP contribution in [0, 0.1) is 0 Å². The second-order valence-corrected chi connectivity index (χ2v) is 8.20. The van der Waals surface area contributed by atoms with Crippen LogP contribution >= 0.6 is 22.9 Å². The molecule has 5 nitrogen and oxygen atoms in total. The van der Waals surface area contributed by atoms with Gasteiger partial charge in [-0.05, 0) is 57.5 Å². The van der Waals surface area contributed by atoms with Gasteiger partial charge in [-0.15, -0.1) is 11.3 Å². The predicted octanol–water partition coefficient (Wildman–Crippen LogP) is 4.58. The Kier molecular flexibility index (Phi) is 6.51. The lowest BCUT2D eigenvalue weighted by Crippen LogP contribution is -2.36. The Morgan fingerprint density at radius 3 is 2.92 bits per heavy atom. The third-order valence-electron chi connectivity index (χ3n) is 4.58. The minimum atomic E-state index is -0.620. The first-order valence-electron chi connectivity index (χ1n) is 8.93. The number of thiazole rings is 1. The number of ether oxygens (including phenoxy) is 1. The number of anilines is 1. The molecule has 7 heteroatoms. The second-order valence-electron chi connectivity index (χ2n) is 6.65. The number of benzene rings is 1. The molecule has 26 heavy (non-hydrogen) atoms. The molecule has 1 aliphatic rings. The summed E-state index contributed by atoms with van der Waals surface area (Å²) in [6.45, 7) is 6.02. The van der Waals surface area contributed by atoms with E-state index in [0.717, 1.165) is 13.1 Å². The van der Waals surface area contributed by atoms with E-state index >= 15 is 0 Å². The number of amides is 1. The Morgan fingerprint density at radius 2 is 2.19 bits per heavy atom. The molecule has 1 amide bonds. The largest absolute Gasteiger partial charge is 0.481 e. The van der Waals surface area contributed by atoms with Crippen LogP contribution in [0.3, 0.4) is 0 Å². The molecule has 0 radical (unpaired) electrons. The van der Waals surface area contributed by atoms with Crippen molar-refractivity contribution in [3.8, 4) is 5.75 Å². The summed E-state index contributed by atoms with van der Waals surface area (Å²) in [5.41, 5.74) is 0. The molecule has 1 saturated heterocycles. The van der Waals surface area contributed by atoms with Gasteiger partial charge in [-0.2, -0.15) is 0 Å². The summed E-state index contributed by atoms with van der Waals surface area (Å²) >= 11 is 7.38. The number of piperidine rings is 1. The van der Waals surface area contributed by atoms with Crippen molar-refractivity contribution in [3.63, 3.8) is 0 Å². The van der Waals surface area contributed by atoms with Gasteiger partial charge in [-0.1, -0.05) is 18.0 Å². The Labute approximate surface area is 163 Å². The van der Waals surface area contributed by atoms with Crippen LogP contribution in [0.5, 0.6) is 5.75 Å². The fourth-order valence-electron chi connectivity index (χ4n) is 3.01. The van der Waals surface area contributed by atoms with Crippen molar-refractivity contribution >= 4 is 34.0 Å². The molecule has 0 aliphatic carbocycles. The van der Waals surface area contributed by atoms with Gasteiger partial charge in [-0.25, -0.2) is 4.98 Å². The molecule has 1 aromatic carbocycles. The van der Waals surface area contributed by atoms with Crippen molar-refractivity contribution in [2.24, 2.45) is 0 Å². The van der Waals surface area contributed by atoms with Crippen molar-refractivity contribution in [3.05, 3.63) is 40.4 Å². The quantitative estimate of drug-likeness (QED) is 0.780. The van der Waals surface area contributed by atoms with Crippen molar-refractivity contribution in [1.82, 2.24) is 9.88 Å². The highest BCUT2D eigenvalue weighted by molar-refractivity contribution is 7.15. The average Bonchev–Trinajstić information content (AvgIpc) is 3.06. The van der Waals surface area contributed by atoms with E-state index in [4.69, 9.17) is 16.3 Å². The zero-order chi connectivity index (χ0) is 18.5. The first kappa shape index (κ1) is 19.1. The van der Waals surface area contributed by atoms with Gasteiger partial charge in [0.1, 0.15) is 5.75 Å². The number of rotatable bonds is 6. The molecule has 3 rings (SSSR count). The van der Waals surface area contributed by atoms with Gasteiger partial charge in [0, 0.05) is 28.7 Å². The zero-order valence-corrected chi connectivity index (χ0v) is 16.6. The molecule has 1 aromatic heterocycles. The van der Waals surface area contributed by atoms with Crippen molar-refractivity contribution in [2.45, 2.75) is 51.8 Å². The van der Waals surface area contributed by atoms with Gasteiger partial charge in [0.25, 0.3) is 5.91 Å². The molecule has 2 heterocycles. The van der Waals surface area contributed by atoms with Gasteiger partial charge >= 0.3 is 0 Å². The van der Waals surface area contributed by atoms with Gasteiger partial charge in [-0.3, -0.25) is 15.0 Å². The number of nitrogens with one attached hydrogen (secondary N) is 1. The molecule has 2 atom stereocenters. The highest BCUT2D eigenvalue weighted by Gasteiger charge is 2.20. The van der Waals surface area contributed by atoms with E-state index in [2.05, 4.69) is 22.1 Å². The topological polar surface area (TPSA) is 54.5 Å². The molecule has 1 aliphatic heterocycles. The number of hydrogen-bond acceptors (Lipinski definition) is 5. The zero-order valence-electron chi connectivity index (χ0n) is 15.1. The maximum atomic E-state index is 12.3. The number of carbonyl (C=O) groups is 1. The van der Waals surface area contributed by atoms with E-state index in [9.17, 15) is 4.79 Å². The predicted molar refractivity (Wildman–Crippen MR) is 106 cm³/mol. The summed E-state index contributed by atoms with van der Waals surface area (Å²) in [5, 5.41) is 4.09. The number of aromatic nitrogens is 1. The van der Waals surface area contributed by atoms with Gasteiger partial charge < -0.3 is 4.74 Å². The van der Waals surface area contributed by atoms with Gasteiger partial charge in [0.2, 0.25) is 0 Å². The van der Waals surface area contributed by atoms with Crippen LogP contribution in [-0.2, 0) is 11.3 Å². The Balaban J connectivity index is 1.52. The van der Waals surface area contributed by atoms with E-state index in [0.29, 0.717) is 21.9 Å². The van der Waals surface area contributed by atoms with Crippen molar-refractivity contribution in [1.29, 1.82) is 0 Å². The molecule has 0 bridgehead atoms. The molecular weight excluding hydrogens is 370 g/mol. The Bertz CT molecular complexity index is 735. The number of likely N-dealkylation sites (tertiary alicyclic amines) is 1.